The molecule has 8 heteroatoms. The molecule has 2 aromatic rings. The zero-order chi connectivity index (χ0) is 19.6. The molecule has 1 aliphatic heterocycles. The van der Waals surface area contributed by atoms with E-state index in [1.54, 1.807) is 25.4 Å². The van der Waals surface area contributed by atoms with Crippen LogP contribution in [0.3, 0.4) is 0 Å². The largest absolute Gasteiger partial charge is 0.468 e. The SMILES string of the molecule is CN=C(NCCNC(=O)c1ccco1)NCC(c1ccco1)N1CCCCC1. The zero-order valence-corrected chi connectivity index (χ0v) is 16.3. The standard InChI is InChI=1S/C20H29N5O3/c1-21-20(23-10-9-22-19(26)18-8-6-14-28-18)24-15-16(17-7-5-13-27-17)25-11-3-2-4-12-25/h5-8,13-14,16H,2-4,9-12,15H2,1H3,(H,22,26)(H2,21,23,24). The van der Waals surface area contributed by atoms with Crippen molar-refractivity contribution in [1.82, 2.24) is 20.9 Å². The first kappa shape index (κ1) is 20.0. The summed E-state index contributed by atoms with van der Waals surface area (Å²) in [4.78, 5) is 18.6. The van der Waals surface area contributed by atoms with E-state index in [0.29, 0.717) is 31.4 Å². The Kier molecular flexibility index (Phi) is 7.54. The number of carbonyl (C=O) groups excluding carboxylic acids is 1. The lowest BCUT2D eigenvalue weighted by atomic mass is 10.1. The van der Waals surface area contributed by atoms with Crippen LogP contribution in [0.2, 0.25) is 0 Å². The van der Waals surface area contributed by atoms with Crippen molar-refractivity contribution < 1.29 is 13.6 Å². The molecule has 28 heavy (non-hydrogen) atoms. The van der Waals surface area contributed by atoms with Crippen LogP contribution in [0.4, 0.5) is 0 Å². The normalized spacial score (nSPS) is 16.5. The third kappa shape index (κ3) is 5.63. The highest BCUT2D eigenvalue weighted by atomic mass is 16.3. The van der Waals surface area contributed by atoms with E-state index in [0.717, 1.165) is 18.8 Å². The molecule has 0 aromatic carbocycles. The summed E-state index contributed by atoms with van der Waals surface area (Å²) in [6, 6.07) is 7.46. The Morgan fingerprint density at radius 1 is 1.07 bits per heavy atom. The minimum absolute atomic E-state index is 0.174. The second-order valence-electron chi connectivity index (χ2n) is 6.74. The summed E-state index contributed by atoms with van der Waals surface area (Å²) in [6.07, 6.45) is 6.94. The predicted molar refractivity (Wildman–Crippen MR) is 107 cm³/mol. The molecule has 1 aliphatic rings. The van der Waals surface area contributed by atoms with Gasteiger partial charge in [0.15, 0.2) is 11.7 Å². The first-order chi connectivity index (χ1) is 13.8. The predicted octanol–water partition coefficient (Wildman–Crippen LogP) is 1.99. The van der Waals surface area contributed by atoms with Gasteiger partial charge in [-0.3, -0.25) is 14.7 Å². The van der Waals surface area contributed by atoms with Gasteiger partial charge in [0.25, 0.3) is 5.91 Å². The number of rotatable bonds is 8. The minimum Gasteiger partial charge on any atom is -0.468 e. The second kappa shape index (κ2) is 10.6. The molecule has 1 unspecified atom stereocenters. The van der Waals surface area contributed by atoms with Crippen LogP contribution in [0.25, 0.3) is 0 Å². The van der Waals surface area contributed by atoms with Crippen LogP contribution in [0.5, 0.6) is 0 Å². The van der Waals surface area contributed by atoms with Gasteiger partial charge in [-0.25, -0.2) is 0 Å². The fourth-order valence-corrected chi connectivity index (χ4v) is 3.39. The Balaban J connectivity index is 1.44. The van der Waals surface area contributed by atoms with Crippen LogP contribution in [0, 0.1) is 0 Å². The van der Waals surface area contributed by atoms with Crippen LogP contribution in [0.15, 0.2) is 50.6 Å². The van der Waals surface area contributed by atoms with Crippen molar-refractivity contribution in [2.45, 2.75) is 25.3 Å². The molecule has 2 aromatic heterocycles. The average Bonchev–Trinajstić information content (AvgIpc) is 3.45. The summed E-state index contributed by atoms with van der Waals surface area (Å²) in [7, 11) is 1.74. The Morgan fingerprint density at radius 3 is 2.50 bits per heavy atom. The molecule has 3 N–H and O–H groups in total. The van der Waals surface area contributed by atoms with Crippen LogP contribution in [-0.2, 0) is 0 Å². The van der Waals surface area contributed by atoms with Crippen molar-refractivity contribution in [3.05, 3.63) is 48.3 Å². The molecule has 3 rings (SSSR count). The van der Waals surface area contributed by atoms with E-state index in [-0.39, 0.29) is 11.9 Å². The molecule has 152 valence electrons. The lowest BCUT2D eigenvalue weighted by molar-refractivity contribution is 0.0926. The fraction of sp³-hybridized carbons (Fsp3) is 0.500. The minimum atomic E-state index is -0.224. The van der Waals surface area contributed by atoms with Crippen molar-refractivity contribution in [2.75, 3.05) is 39.8 Å². The van der Waals surface area contributed by atoms with Gasteiger partial charge in [0.2, 0.25) is 0 Å². The number of aliphatic imine (C=N–C) groups is 1. The zero-order valence-electron chi connectivity index (χ0n) is 16.3. The van der Waals surface area contributed by atoms with Crippen molar-refractivity contribution in [1.29, 1.82) is 0 Å². The molecule has 0 spiro atoms. The molecule has 0 radical (unpaired) electrons. The van der Waals surface area contributed by atoms with Crippen molar-refractivity contribution >= 4 is 11.9 Å². The van der Waals surface area contributed by atoms with E-state index in [9.17, 15) is 4.79 Å². The van der Waals surface area contributed by atoms with Gasteiger partial charge in [-0.1, -0.05) is 6.42 Å². The monoisotopic (exact) mass is 387 g/mol. The molecule has 3 heterocycles. The number of furan rings is 2. The van der Waals surface area contributed by atoms with E-state index in [2.05, 4.69) is 25.8 Å². The Labute approximate surface area is 165 Å². The van der Waals surface area contributed by atoms with E-state index < -0.39 is 0 Å². The van der Waals surface area contributed by atoms with Crippen molar-refractivity contribution in [3.8, 4) is 0 Å². The van der Waals surface area contributed by atoms with Gasteiger partial charge in [0.1, 0.15) is 5.76 Å². The van der Waals surface area contributed by atoms with Crippen molar-refractivity contribution in [3.63, 3.8) is 0 Å². The molecule has 1 amide bonds. The highest BCUT2D eigenvalue weighted by Gasteiger charge is 2.24. The molecular weight excluding hydrogens is 358 g/mol. The number of piperidine rings is 1. The lowest BCUT2D eigenvalue weighted by Gasteiger charge is -2.33. The average molecular weight is 387 g/mol. The van der Waals surface area contributed by atoms with E-state index in [1.807, 2.05) is 12.1 Å². The summed E-state index contributed by atoms with van der Waals surface area (Å²) in [5, 5.41) is 9.40. The maximum Gasteiger partial charge on any atom is 0.287 e. The van der Waals surface area contributed by atoms with Gasteiger partial charge >= 0.3 is 0 Å². The molecule has 0 aliphatic carbocycles. The first-order valence-corrected chi connectivity index (χ1v) is 9.81. The molecule has 1 atom stereocenters. The smallest absolute Gasteiger partial charge is 0.287 e. The lowest BCUT2D eigenvalue weighted by Crippen LogP contribution is -2.45. The van der Waals surface area contributed by atoms with Gasteiger partial charge in [-0.2, -0.15) is 0 Å². The van der Waals surface area contributed by atoms with E-state index in [1.165, 1.54) is 25.5 Å². The number of likely N-dealkylation sites (tertiary alicyclic amines) is 1. The quantitative estimate of drug-likeness (QED) is 0.364. The van der Waals surface area contributed by atoms with Crippen LogP contribution in [0.1, 0.15) is 41.6 Å². The molecule has 0 bridgehead atoms. The molecule has 1 saturated heterocycles. The van der Waals surface area contributed by atoms with E-state index in [4.69, 9.17) is 8.83 Å². The Hall–Kier alpha value is -2.74. The summed E-state index contributed by atoms with van der Waals surface area (Å²) in [6.45, 7) is 3.89. The molecule has 1 fully saturated rings. The third-order valence-electron chi connectivity index (χ3n) is 4.84. The summed E-state index contributed by atoms with van der Waals surface area (Å²) >= 11 is 0. The first-order valence-electron chi connectivity index (χ1n) is 9.81. The second-order valence-corrected chi connectivity index (χ2v) is 6.74. The Bertz CT molecular complexity index is 721. The highest BCUT2D eigenvalue weighted by molar-refractivity contribution is 5.91. The van der Waals surface area contributed by atoms with Gasteiger partial charge < -0.3 is 24.8 Å². The number of carbonyl (C=O) groups is 1. The summed E-state index contributed by atoms with van der Waals surface area (Å²) in [5.41, 5.74) is 0. The number of amides is 1. The number of nitrogens with zero attached hydrogens (tertiary/aromatic N) is 2. The fourth-order valence-electron chi connectivity index (χ4n) is 3.39. The molecule has 8 nitrogen and oxygen atoms in total. The van der Waals surface area contributed by atoms with Crippen molar-refractivity contribution in [2.24, 2.45) is 4.99 Å². The van der Waals surface area contributed by atoms with Gasteiger partial charge in [0, 0.05) is 26.7 Å². The molecular formula is C20H29N5O3. The summed E-state index contributed by atoms with van der Waals surface area (Å²) in [5.74, 6) is 1.75. The number of hydrogen-bond donors (Lipinski definition) is 3. The number of hydrogen-bond acceptors (Lipinski definition) is 5. The van der Waals surface area contributed by atoms with Gasteiger partial charge in [-0.15, -0.1) is 0 Å². The highest BCUT2D eigenvalue weighted by Crippen LogP contribution is 2.24. The number of guanidine groups is 1. The maximum absolute atomic E-state index is 11.8. The topological polar surface area (TPSA) is 95.0 Å². The Morgan fingerprint density at radius 2 is 1.82 bits per heavy atom. The van der Waals surface area contributed by atoms with E-state index >= 15 is 0 Å². The summed E-state index contributed by atoms with van der Waals surface area (Å²) < 4.78 is 10.7. The van der Waals surface area contributed by atoms with Gasteiger partial charge in [-0.05, 0) is 50.2 Å². The maximum atomic E-state index is 11.8. The molecule has 0 saturated carbocycles. The van der Waals surface area contributed by atoms with Crippen LogP contribution < -0.4 is 16.0 Å². The third-order valence-corrected chi connectivity index (χ3v) is 4.84. The van der Waals surface area contributed by atoms with Gasteiger partial charge in [0.05, 0.1) is 18.6 Å². The van der Waals surface area contributed by atoms with Crippen LogP contribution >= 0.6 is 0 Å². The number of nitrogens with one attached hydrogen (secondary N) is 3. The van der Waals surface area contributed by atoms with Crippen LogP contribution in [-0.4, -0.2) is 56.5 Å².